The summed E-state index contributed by atoms with van der Waals surface area (Å²) in [5, 5.41) is 13.1. The van der Waals surface area contributed by atoms with E-state index in [1.54, 1.807) is 36.5 Å². The molecule has 0 bridgehead atoms. The van der Waals surface area contributed by atoms with Gasteiger partial charge in [-0.1, -0.05) is 30.3 Å². The Bertz CT molecular complexity index is 1090. The number of pyridine rings is 1. The van der Waals surface area contributed by atoms with Gasteiger partial charge in [0.25, 0.3) is 5.91 Å². The van der Waals surface area contributed by atoms with Crippen LogP contribution in [0.3, 0.4) is 0 Å². The number of furan rings is 1. The van der Waals surface area contributed by atoms with Gasteiger partial charge in [0.15, 0.2) is 0 Å². The van der Waals surface area contributed by atoms with Crippen molar-refractivity contribution in [1.82, 2.24) is 4.98 Å². The molecule has 128 valence electrons. The van der Waals surface area contributed by atoms with E-state index in [1.807, 2.05) is 37.3 Å². The first-order valence-electron chi connectivity index (χ1n) is 8.17. The van der Waals surface area contributed by atoms with Crippen molar-refractivity contribution in [3.8, 4) is 16.9 Å². The lowest BCUT2D eigenvalue weighted by molar-refractivity contribution is 0.102. The number of aryl methyl sites for hydroxylation is 1. The van der Waals surface area contributed by atoms with Gasteiger partial charge in [0, 0.05) is 17.1 Å². The minimum absolute atomic E-state index is 0.183. The fourth-order valence-electron chi connectivity index (χ4n) is 2.93. The summed E-state index contributed by atoms with van der Waals surface area (Å²) in [7, 11) is 0. The molecule has 0 spiro atoms. The number of nitrogens with zero attached hydrogens (tertiary/aromatic N) is 1. The summed E-state index contributed by atoms with van der Waals surface area (Å²) in [6.45, 7) is 1.82. The summed E-state index contributed by atoms with van der Waals surface area (Å²) in [5.74, 6) is 0.975. The van der Waals surface area contributed by atoms with Crippen molar-refractivity contribution in [3.05, 3.63) is 78.2 Å². The van der Waals surface area contributed by atoms with E-state index in [-0.39, 0.29) is 11.7 Å². The summed E-state index contributed by atoms with van der Waals surface area (Å²) in [6, 6.07) is 17.8. The van der Waals surface area contributed by atoms with E-state index in [0.29, 0.717) is 17.2 Å². The van der Waals surface area contributed by atoms with Gasteiger partial charge in [0.2, 0.25) is 5.88 Å². The molecular weight excluding hydrogens is 328 g/mol. The largest absolute Gasteiger partial charge is 0.508 e. The van der Waals surface area contributed by atoms with Crippen LogP contribution in [0.1, 0.15) is 16.1 Å². The molecule has 1 amide bonds. The molecule has 0 aliphatic carbocycles. The highest BCUT2D eigenvalue weighted by Crippen LogP contribution is 2.33. The van der Waals surface area contributed by atoms with Gasteiger partial charge < -0.3 is 9.52 Å². The molecule has 0 saturated heterocycles. The third-order valence-corrected chi connectivity index (χ3v) is 4.15. The van der Waals surface area contributed by atoms with Gasteiger partial charge in [0.05, 0.1) is 11.1 Å². The second-order valence-corrected chi connectivity index (χ2v) is 5.98. The number of carbonyl (C=O) groups excluding carboxylic acids is 1. The number of amides is 1. The van der Waals surface area contributed by atoms with Crippen molar-refractivity contribution >= 4 is 22.7 Å². The molecule has 5 heteroatoms. The van der Waals surface area contributed by atoms with Crippen LogP contribution in [-0.4, -0.2) is 16.0 Å². The van der Waals surface area contributed by atoms with Crippen molar-refractivity contribution in [2.24, 2.45) is 0 Å². The first-order valence-corrected chi connectivity index (χ1v) is 8.17. The average molecular weight is 344 g/mol. The monoisotopic (exact) mass is 344 g/mol. The maximum absolute atomic E-state index is 12.8. The number of hydrogen-bond acceptors (Lipinski definition) is 4. The van der Waals surface area contributed by atoms with Crippen molar-refractivity contribution in [2.45, 2.75) is 6.92 Å². The van der Waals surface area contributed by atoms with Crippen LogP contribution < -0.4 is 5.32 Å². The molecule has 0 unspecified atom stereocenters. The fraction of sp³-hybridized carbons (Fsp3) is 0.0476. The Labute approximate surface area is 149 Å². The van der Waals surface area contributed by atoms with Crippen LogP contribution in [-0.2, 0) is 0 Å². The van der Waals surface area contributed by atoms with Crippen LogP contribution in [0.2, 0.25) is 0 Å². The van der Waals surface area contributed by atoms with Gasteiger partial charge in [-0.15, -0.1) is 0 Å². The number of para-hydroxylation sites is 1. The Morgan fingerprint density at radius 1 is 1.08 bits per heavy atom. The molecule has 4 aromatic rings. The Kier molecular flexibility index (Phi) is 3.89. The second-order valence-electron chi connectivity index (χ2n) is 5.98. The summed E-state index contributed by atoms with van der Waals surface area (Å²) < 4.78 is 5.69. The van der Waals surface area contributed by atoms with E-state index in [9.17, 15) is 9.90 Å². The molecule has 2 aromatic heterocycles. The number of carbonyl (C=O) groups is 1. The van der Waals surface area contributed by atoms with Crippen LogP contribution in [0.4, 0.5) is 5.88 Å². The zero-order valence-electron chi connectivity index (χ0n) is 14.1. The van der Waals surface area contributed by atoms with Crippen LogP contribution in [0.5, 0.6) is 5.75 Å². The van der Waals surface area contributed by atoms with Crippen LogP contribution in [0.15, 0.2) is 71.3 Å². The molecule has 2 aromatic carbocycles. The smallest absolute Gasteiger partial charge is 0.258 e. The van der Waals surface area contributed by atoms with Crippen molar-refractivity contribution in [3.63, 3.8) is 0 Å². The molecule has 0 atom stereocenters. The highest BCUT2D eigenvalue weighted by atomic mass is 16.4. The number of fused-ring (bicyclic) bond motifs is 1. The van der Waals surface area contributed by atoms with E-state index in [0.717, 1.165) is 22.0 Å². The second kappa shape index (κ2) is 6.37. The fourth-order valence-corrected chi connectivity index (χ4v) is 2.93. The lowest BCUT2D eigenvalue weighted by Crippen LogP contribution is -2.12. The molecule has 0 aliphatic heterocycles. The Morgan fingerprint density at radius 2 is 1.85 bits per heavy atom. The molecule has 0 radical (unpaired) electrons. The molecule has 2 N–H and O–H groups in total. The van der Waals surface area contributed by atoms with E-state index >= 15 is 0 Å². The number of anilines is 1. The molecule has 2 heterocycles. The maximum atomic E-state index is 12.8. The highest BCUT2D eigenvalue weighted by molar-refractivity contribution is 6.12. The first kappa shape index (κ1) is 15.9. The zero-order valence-corrected chi connectivity index (χ0v) is 14.1. The van der Waals surface area contributed by atoms with Crippen molar-refractivity contribution < 1.29 is 14.3 Å². The number of hydrogen-bond donors (Lipinski definition) is 2. The van der Waals surface area contributed by atoms with Gasteiger partial charge in [-0.05, 0) is 42.8 Å². The number of nitrogens with one attached hydrogen (secondary N) is 1. The third-order valence-electron chi connectivity index (χ3n) is 4.15. The standard InChI is InChI=1S/C21H16N2O3/c1-13-12-18(14-6-8-15(24)9-7-14)21(26-13)23-20(25)17-10-11-22-19-5-3-2-4-16(17)19/h2-12,24H,1H3,(H,23,25). The number of phenolic OH excluding ortho intramolecular Hbond substituents is 1. The van der Waals surface area contributed by atoms with Crippen molar-refractivity contribution in [2.75, 3.05) is 5.32 Å². The normalized spacial score (nSPS) is 10.8. The summed E-state index contributed by atoms with van der Waals surface area (Å²) >= 11 is 0. The highest BCUT2D eigenvalue weighted by Gasteiger charge is 2.17. The van der Waals surface area contributed by atoms with E-state index in [2.05, 4.69) is 10.3 Å². The minimum Gasteiger partial charge on any atom is -0.508 e. The quantitative estimate of drug-likeness (QED) is 0.562. The zero-order chi connectivity index (χ0) is 18.1. The topological polar surface area (TPSA) is 75.4 Å². The Balaban J connectivity index is 1.71. The Hall–Kier alpha value is -3.60. The number of phenols is 1. The lowest BCUT2D eigenvalue weighted by Gasteiger charge is -2.08. The average Bonchev–Trinajstić information content (AvgIpc) is 3.02. The van der Waals surface area contributed by atoms with Gasteiger partial charge in [-0.2, -0.15) is 0 Å². The molecule has 0 fully saturated rings. The molecule has 0 saturated carbocycles. The summed E-state index contributed by atoms with van der Waals surface area (Å²) in [6.07, 6.45) is 1.62. The molecule has 26 heavy (non-hydrogen) atoms. The van der Waals surface area contributed by atoms with E-state index in [4.69, 9.17) is 4.42 Å². The van der Waals surface area contributed by atoms with Gasteiger partial charge >= 0.3 is 0 Å². The summed E-state index contributed by atoms with van der Waals surface area (Å²) in [5.41, 5.74) is 2.89. The van der Waals surface area contributed by atoms with Crippen LogP contribution >= 0.6 is 0 Å². The van der Waals surface area contributed by atoms with Gasteiger partial charge in [-0.25, -0.2) is 0 Å². The maximum Gasteiger partial charge on any atom is 0.258 e. The van der Waals surface area contributed by atoms with Gasteiger partial charge in [0.1, 0.15) is 11.5 Å². The number of aromatic nitrogens is 1. The molecule has 0 aliphatic rings. The third kappa shape index (κ3) is 2.91. The number of benzene rings is 2. The van der Waals surface area contributed by atoms with E-state index < -0.39 is 0 Å². The number of rotatable bonds is 3. The Morgan fingerprint density at radius 3 is 2.65 bits per heavy atom. The van der Waals surface area contributed by atoms with E-state index in [1.165, 1.54) is 0 Å². The SMILES string of the molecule is Cc1cc(-c2ccc(O)cc2)c(NC(=O)c2ccnc3ccccc23)o1. The van der Waals surface area contributed by atoms with Crippen molar-refractivity contribution in [1.29, 1.82) is 0 Å². The molecule has 4 rings (SSSR count). The van der Waals surface area contributed by atoms with Crippen LogP contribution in [0.25, 0.3) is 22.0 Å². The number of aromatic hydroxyl groups is 1. The van der Waals surface area contributed by atoms with Crippen LogP contribution in [0, 0.1) is 6.92 Å². The molecular formula is C21H16N2O3. The predicted molar refractivity (Wildman–Crippen MR) is 100 cm³/mol. The predicted octanol–water partition coefficient (Wildman–Crippen LogP) is 4.76. The first-order chi connectivity index (χ1) is 12.6. The molecule has 5 nitrogen and oxygen atoms in total. The van der Waals surface area contributed by atoms with Gasteiger partial charge in [-0.3, -0.25) is 15.1 Å². The minimum atomic E-state index is -0.266. The lowest BCUT2D eigenvalue weighted by atomic mass is 10.1. The summed E-state index contributed by atoms with van der Waals surface area (Å²) in [4.78, 5) is 17.1.